The number of para-hydroxylation sites is 1. The van der Waals surface area contributed by atoms with Crippen LogP contribution in [0.5, 0.6) is 0 Å². The van der Waals surface area contributed by atoms with E-state index in [1.165, 1.54) is 0 Å². The predicted molar refractivity (Wildman–Crippen MR) is 93.5 cm³/mol. The molecule has 23 heavy (non-hydrogen) atoms. The Bertz CT molecular complexity index is 627. The number of amides is 1. The van der Waals surface area contributed by atoms with Gasteiger partial charge in [-0.3, -0.25) is 4.79 Å². The van der Waals surface area contributed by atoms with Crippen molar-refractivity contribution in [3.63, 3.8) is 0 Å². The summed E-state index contributed by atoms with van der Waals surface area (Å²) in [6, 6.07) is 16.0. The van der Waals surface area contributed by atoms with Gasteiger partial charge in [0.05, 0.1) is 0 Å². The van der Waals surface area contributed by atoms with Crippen molar-refractivity contribution < 1.29 is 21.6 Å². The summed E-state index contributed by atoms with van der Waals surface area (Å²) in [7, 11) is 0. The summed E-state index contributed by atoms with van der Waals surface area (Å²) in [5, 5.41) is 2.70. The Morgan fingerprint density at radius 3 is 2.09 bits per heavy atom. The molecule has 0 bridgehead atoms. The molecule has 0 aliphatic carbocycles. The van der Waals surface area contributed by atoms with Gasteiger partial charge in [0.15, 0.2) is 0 Å². The van der Waals surface area contributed by atoms with Crippen LogP contribution in [-0.2, 0) is 21.6 Å². The number of allylic oxidation sites excluding steroid dienone is 1. The zero-order valence-electron chi connectivity index (χ0n) is 13.2. The van der Waals surface area contributed by atoms with Crippen LogP contribution in [-0.4, -0.2) is 5.91 Å². The van der Waals surface area contributed by atoms with Crippen molar-refractivity contribution >= 4 is 23.0 Å². The first-order valence-corrected chi connectivity index (χ1v) is 7.10. The Kier molecular flexibility index (Phi) is 10.2. The predicted octanol–water partition coefficient (Wildman–Crippen LogP) is 6.03. The number of rotatable bonds is 3. The quantitative estimate of drug-likeness (QED) is 0.671. The van der Waals surface area contributed by atoms with E-state index in [9.17, 15) is 4.79 Å². The molecular formula is C18H21CoN3O. The van der Waals surface area contributed by atoms with E-state index < -0.39 is 0 Å². The maximum Gasteiger partial charge on any atom is 2.00 e. The van der Waals surface area contributed by atoms with Crippen molar-refractivity contribution in [2.24, 2.45) is 0 Å². The van der Waals surface area contributed by atoms with E-state index in [4.69, 9.17) is 11.5 Å². The second kappa shape index (κ2) is 11.3. The molecule has 4 nitrogen and oxygen atoms in total. The first-order valence-electron chi connectivity index (χ1n) is 7.10. The summed E-state index contributed by atoms with van der Waals surface area (Å²) in [5.41, 5.74) is 16.7. The van der Waals surface area contributed by atoms with Crippen LogP contribution in [0.15, 0.2) is 66.2 Å². The molecule has 0 aromatic heterocycles. The minimum absolute atomic E-state index is 0. The smallest absolute Gasteiger partial charge is 0.699 e. The van der Waals surface area contributed by atoms with Gasteiger partial charge in [-0.05, 0) is 19.4 Å². The Morgan fingerprint density at radius 2 is 1.61 bits per heavy atom. The fourth-order valence-electron chi connectivity index (χ4n) is 1.65. The molecule has 1 radical (unpaired) electrons. The maximum atomic E-state index is 11.6. The van der Waals surface area contributed by atoms with Crippen molar-refractivity contribution in [1.29, 1.82) is 0 Å². The molecule has 1 amide bonds. The third-order valence-corrected chi connectivity index (χ3v) is 2.82. The largest absolute Gasteiger partial charge is 2.00 e. The number of anilines is 1. The minimum Gasteiger partial charge on any atom is -0.699 e. The molecule has 2 rings (SSSR count). The second-order valence-corrected chi connectivity index (χ2v) is 4.66. The average molecular weight is 354 g/mol. The first kappa shape index (κ1) is 20.8. The van der Waals surface area contributed by atoms with Gasteiger partial charge in [0.25, 0.3) is 5.91 Å². The van der Waals surface area contributed by atoms with Gasteiger partial charge >= 0.3 is 16.8 Å². The van der Waals surface area contributed by atoms with Crippen molar-refractivity contribution in [3.05, 3.63) is 77.7 Å². The van der Waals surface area contributed by atoms with Crippen molar-refractivity contribution in [2.45, 2.75) is 20.3 Å². The summed E-state index contributed by atoms with van der Waals surface area (Å²) in [6.07, 6.45) is 2.70. The Balaban J connectivity index is 0.000000509. The standard InChI is InChI=1S/C12H15N2O.C6H6N.Co/c1-3-6-9(2)12(15)14-11-8-5-4-7-10(11)13;7-6-4-2-1-3-5-6;/h4-8,13H,3H2,1-2H3,(H,14,15);1-5,7H;/q2*-1;+2/b9-6+;;. The number of hydrogen-bond donors (Lipinski definition) is 1. The van der Waals surface area contributed by atoms with E-state index in [0.717, 1.165) is 6.42 Å². The van der Waals surface area contributed by atoms with Crippen LogP contribution < -0.4 is 5.32 Å². The van der Waals surface area contributed by atoms with Crippen LogP contribution >= 0.6 is 0 Å². The summed E-state index contributed by atoms with van der Waals surface area (Å²) < 4.78 is 0. The van der Waals surface area contributed by atoms with Gasteiger partial charge in [-0.1, -0.05) is 61.5 Å². The number of nitrogens with one attached hydrogen (secondary N) is 3. The van der Waals surface area contributed by atoms with Crippen molar-refractivity contribution in [3.8, 4) is 0 Å². The summed E-state index contributed by atoms with van der Waals surface area (Å²) in [5.74, 6) is -0.142. The van der Waals surface area contributed by atoms with Crippen LogP contribution in [0.25, 0.3) is 11.5 Å². The minimum atomic E-state index is -0.142. The number of carbonyl (C=O) groups excluding carboxylic acids is 1. The molecular weight excluding hydrogens is 333 g/mol. The molecule has 0 spiro atoms. The van der Waals surface area contributed by atoms with Crippen molar-refractivity contribution in [2.75, 3.05) is 5.32 Å². The molecule has 5 heteroatoms. The van der Waals surface area contributed by atoms with Crippen LogP contribution in [0, 0.1) is 0 Å². The molecule has 123 valence electrons. The molecule has 3 N–H and O–H groups in total. The zero-order valence-corrected chi connectivity index (χ0v) is 14.3. The Labute approximate surface area is 148 Å². The van der Waals surface area contributed by atoms with Gasteiger partial charge in [0.2, 0.25) is 0 Å². The molecule has 0 aliphatic rings. The van der Waals surface area contributed by atoms with Crippen LogP contribution in [0.1, 0.15) is 20.3 Å². The molecule has 2 aromatic rings. The molecule has 0 aliphatic heterocycles. The summed E-state index contributed by atoms with van der Waals surface area (Å²) in [4.78, 5) is 11.6. The Morgan fingerprint density at radius 1 is 1.04 bits per heavy atom. The maximum absolute atomic E-state index is 11.6. The van der Waals surface area contributed by atoms with Gasteiger partial charge in [-0.15, -0.1) is 11.4 Å². The zero-order chi connectivity index (χ0) is 16.4. The number of hydrogen-bond acceptors (Lipinski definition) is 1. The van der Waals surface area contributed by atoms with Gasteiger partial charge < -0.3 is 16.8 Å². The number of benzene rings is 2. The third-order valence-electron chi connectivity index (χ3n) is 2.82. The monoisotopic (exact) mass is 354 g/mol. The molecule has 0 saturated heterocycles. The van der Waals surface area contributed by atoms with E-state index in [2.05, 4.69) is 5.32 Å². The van der Waals surface area contributed by atoms with Crippen molar-refractivity contribution in [1.82, 2.24) is 0 Å². The van der Waals surface area contributed by atoms with E-state index in [-0.39, 0.29) is 22.7 Å². The summed E-state index contributed by atoms with van der Waals surface area (Å²) in [6.45, 7) is 3.75. The average Bonchev–Trinajstić information content (AvgIpc) is 2.51. The van der Waals surface area contributed by atoms with Gasteiger partial charge in [0, 0.05) is 11.3 Å². The van der Waals surface area contributed by atoms with E-state index in [0.29, 0.717) is 22.6 Å². The van der Waals surface area contributed by atoms with E-state index in [1.807, 2.05) is 31.2 Å². The normalized spacial score (nSPS) is 9.91. The van der Waals surface area contributed by atoms with E-state index in [1.54, 1.807) is 43.3 Å². The SMILES string of the molecule is CC/C=C(\C)C(=O)Nc1ccccc1[NH-].[Co+2].[NH-]c1ccccc1. The van der Waals surface area contributed by atoms with Crippen LogP contribution in [0.2, 0.25) is 0 Å². The second-order valence-electron chi connectivity index (χ2n) is 4.66. The van der Waals surface area contributed by atoms with Gasteiger partial charge in [0.1, 0.15) is 0 Å². The molecule has 0 saturated carbocycles. The fourth-order valence-corrected chi connectivity index (χ4v) is 1.65. The topological polar surface area (TPSA) is 76.7 Å². The van der Waals surface area contributed by atoms with Gasteiger partial charge in [-0.25, -0.2) is 0 Å². The number of carbonyl (C=O) groups is 1. The molecule has 0 fully saturated rings. The third kappa shape index (κ3) is 8.09. The van der Waals surface area contributed by atoms with Crippen LogP contribution in [0.3, 0.4) is 0 Å². The molecule has 0 heterocycles. The molecule has 2 aromatic carbocycles. The molecule has 0 atom stereocenters. The summed E-state index contributed by atoms with van der Waals surface area (Å²) >= 11 is 0. The molecule has 0 unspecified atom stereocenters. The first-order chi connectivity index (χ1) is 10.5. The van der Waals surface area contributed by atoms with E-state index >= 15 is 0 Å². The fraction of sp³-hybridized carbons (Fsp3) is 0.167. The van der Waals surface area contributed by atoms with Crippen LogP contribution in [0.4, 0.5) is 17.1 Å². The Hall–Kier alpha value is -2.24. The van der Waals surface area contributed by atoms with Gasteiger partial charge in [-0.2, -0.15) is 0 Å².